The fourth-order valence-corrected chi connectivity index (χ4v) is 5.11. The van der Waals surface area contributed by atoms with Crippen LogP contribution in [0.3, 0.4) is 0 Å². The molecule has 37 heavy (non-hydrogen) atoms. The third-order valence-electron chi connectivity index (χ3n) is 6.75. The molecule has 0 N–H and O–H groups in total. The van der Waals surface area contributed by atoms with E-state index in [9.17, 15) is 0 Å². The van der Waals surface area contributed by atoms with Crippen LogP contribution in [0, 0.1) is 0 Å². The summed E-state index contributed by atoms with van der Waals surface area (Å²) in [5, 5.41) is 15.6. The molecule has 174 valence electrons. The highest BCUT2D eigenvalue weighted by atomic mass is 16.3. The summed E-state index contributed by atoms with van der Waals surface area (Å²) >= 11 is 0. The first-order valence-electron chi connectivity index (χ1n) is 12.2. The predicted molar refractivity (Wildman–Crippen MR) is 149 cm³/mol. The Hall–Kier alpha value is -5.09. The van der Waals surface area contributed by atoms with Crippen molar-refractivity contribution in [3.8, 4) is 44.8 Å². The molecule has 4 nitrogen and oxygen atoms in total. The number of fused-ring (bicyclic) bond motifs is 3. The van der Waals surface area contributed by atoms with Gasteiger partial charge in [0.2, 0.25) is 0 Å². The van der Waals surface area contributed by atoms with Gasteiger partial charge in [-0.2, -0.15) is 0 Å². The summed E-state index contributed by atoms with van der Waals surface area (Å²) < 4.78 is 6.20. The molecule has 2 heterocycles. The Kier molecular flexibility index (Phi) is 5.07. The number of para-hydroxylation sites is 1. The van der Waals surface area contributed by atoms with E-state index in [0.29, 0.717) is 0 Å². The maximum absolute atomic E-state index is 6.20. The maximum atomic E-state index is 6.20. The number of aromatic nitrogens is 3. The van der Waals surface area contributed by atoms with Crippen LogP contribution in [0.5, 0.6) is 0 Å². The number of nitrogens with zero attached hydrogens (tertiary/aromatic N) is 3. The van der Waals surface area contributed by atoms with E-state index in [1.807, 2.05) is 54.6 Å². The first-order valence-corrected chi connectivity index (χ1v) is 12.2. The number of benzene rings is 5. The molecule has 0 fully saturated rings. The molecule has 7 rings (SSSR count). The van der Waals surface area contributed by atoms with E-state index < -0.39 is 0 Å². The maximum Gasteiger partial charge on any atom is 0.136 e. The summed E-state index contributed by atoms with van der Waals surface area (Å²) in [5.41, 5.74) is 9.42. The van der Waals surface area contributed by atoms with Crippen LogP contribution in [0.1, 0.15) is 0 Å². The van der Waals surface area contributed by atoms with Crippen LogP contribution in [0.15, 0.2) is 132 Å². The minimum atomic E-state index is 0.773. The quantitative estimate of drug-likeness (QED) is 0.256. The molecule has 4 heteroatoms. The van der Waals surface area contributed by atoms with E-state index in [-0.39, 0.29) is 0 Å². The largest absolute Gasteiger partial charge is 0.456 e. The summed E-state index contributed by atoms with van der Waals surface area (Å²) in [5.74, 6) is 0. The number of furan rings is 1. The third kappa shape index (κ3) is 3.58. The lowest BCUT2D eigenvalue weighted by Gasteiger charge is -2.17. The second-order valence-electron chi connectivity index (χ2n) is 8.92. The smallest absolute Gasteiger partial charge is 0.136 e. The lowest BCUT2D eigenvalue weighted by atomic mass is 9.88. The van der Waals surface area contributed by atoms with Crippen LogP contribution >= 0.6 is 0 Å². The Morgan fingerprint density at radius 2 is 1.03 bits per heavy atom. The van der Waals surface area contributed by atoms with Crippen LogP contribution in [-0.4, -0.2) is 15.4 Å². The van der Waals surface area contributed by atoms with E-state index in [0.717, 1.165) is 66.7 Å². The summed E-state index contributed by atoms with van der Waals surface area (Å²) in [6, 6.07) is 43.3. The Morgan fingerprint density at radius 1 is 0.432 bits per heavy atom. The first kappa shape index (κ1) is 21.2. The first-order chi connectivity index (χ1) is 18.4. The molecular weight excluding hydrogens is 454 g/mol. The zero-order chi connectivity index (χ0) is 24.6. The molecule has 0 saturated heterocycles. The van der Waals surface area contributed by atoms with Crippen molar-refractivity contribution < 1.29 is 4.42 Å². The van der Waals surface area contributed by atoms with Crippen LogP contribution < -0.4 is 0 Å². The SMILES string of the molecule is c1ccc(-c2ccccc2-c2c(-c3ccccc3)nnnc2-c2cccc3oc4ccccc4c23)cc1. The van der Waals surface area contributed by atoms with E-state index in [1.165, 1.54) is 0 Å². The van der Waals surface area contributed by atoms with Gasteiger partial charge < -0.3 is 4.42 Å². The van der Waals surface area contributed by atoms with Crippen molar-refractivity contribution in [3.05, 3.63) is 127 Å². The average molecular weight is 476 g/mol. The van der Waals surface area contributed by atoms with E-state index in [1.54, 1.807) is 0 Å². The lowest BCUT2D eigenvalue weighted by Crippen LogP contribution is -2.01. The van der Waals surface area contributed by atoms with Crippen molar-refractivity contribution in [3.63, 3.8) is 0 Å². The molecule has 0 aliphatic heterocycles. The zero-order valence-corrected chi connectivity index (χ0v) is 19.9. The predicted octanol–water partition coefficient (Wildman–Crippen LogP) is 8.44. The molecule has 2 aromatic heterocycles. The third-order valence-corrected chi connectivity index (χ3v) is 6.75. The van der Waals surface area contributed by atoms with Crippen LogP contribution in [0.25, 0.3) is 66.7 Å². The van der Waals surface area contributed by atoms with E-state index in [2.05, 4.69) is 88.2 Å². The van der Waals surface area contributed by atoms with E-state index >= 15 is 0 Å². The zero-order valence-electron chi connectivity index (χ0n) is 19.9. The standard InChI is InChI=1S/C33H21N3O/c1-3-12-22(13-4-1)24-16-7-8-17-25(24)31-32(23-14-5-2-6-15-23)34-36-35-33(31)27-19-11-21-29-30(27)26-18-9-10-20-28(26)37-29/h1-21H. The van der Waals surface area contributed by atoms with Gasteiger partial charge in [-0.15, -0.1) is 10.2 Å². The summed E-state index contributed by atoms with van der Waals surface area (Å²) in [4.78, 5) is 0. The van der Waals surface area contributed by atoms with Crippen molar-refractivity contribution in [2.24, 2.45) is 0 Å². The molecule has 0 aliphatic carbocycles. The van der Waals surface area contributed by atoms with E-state index in [4.69, 9.17) is 4.42 Å². The topological polar surface area (TPSA) is 51.8 Å². The van der Waals surface area contributed by atoms with Gasteiger partial charge in [0, 0.05) is 27.5 Å². The number of rotatable bonds is 4. The summed E-state index contributed by atoms with van der Waals surface area (Å²) in [6.45, 7) is 0. The summed E-state index contributed by atoms with van der Waals surface area (Å²) in [6.07, 6.45) is 0. The molecule has 7 aromatic rings. The fourth-order valence-electron chi connectivity index (χ4n) is 5.11. The Balaban J connectivity index is 1.60. The van der Waals surface area contributed by atoms with Gasteiger partial charge in [0.05, 0.1) is 0 Å². The molecular formula is C33H21N3O. The van der Waals surface area contributed by atoms with Gasteiger partial charge in [0.25, 0.3) is 0 Å². The van der Waals surface area contributed by atoms with Crippen molar-refractivity contribution in [2.45, 2.75) is 0 Å². The monoisotopic (exact) mass is 475 g/mol. The van der Waals surface area contributed by atoms with Crippen molar-refractivity contribution in [1.29, 1.82) is 0 Å². The second-order valence-corrected chi connectivity index (χ2v) is 8.92. The van der Waals surface area contributed by atoms with Gasteiger partial charge in [-0.3, -0.25) is 0 Å². The highest BCUT2D eigenvalue weighted by Gasteiger charge is 2.23. The van der Waals surface area contributed by atoms with Crippen LogP contribution in [0.4, 0.5) is 0 Å². The highest BCUT2D eigenvalue weighted by Crippen LogP contribution is 2.44. The average Bonchev–Trinajstić information content (AvgIpc) is 3.37. The fraction of sp³-hybridized carbons (Fsp3) is 0. The summed E-state index contributed by atoms with van der Waals surface area (Å²) in [7, 11) is 0. The number of hydrogen-bond donors (Lipinski definition) is 0. The molecule has 0 atom stereocenters. The molecule has 5 aromatic carbocycles. The Labute approximate surface area is 213 Å². The lowest BCUT2D eigenvalue weighted by molar-refractivity contribution is 0.669. The van der Waals surface area contributed by atoms with Gasteiger partial charge in [-0.05, 0) is 34.0 Å². The number of hydrogen-bond acceptors (Lipinski definition) is 4. The minimum absolute atomic E-state index is 0.773. The molecule has 0 aliphatic rings. The van der Waals surface area contributed by atoms with Crippen LogP contribution in [-0.2, 0) is 0 Å². The second kappa shape index (κ2) is 8.85. The van der Waals surface area contributed by atoms with Gasteiger partial charge >= 0.3 is 0 Å². The van der Waals surface area contributed by atoms with Gasteiger partial charge in [0.15, 0.2) is 0 Å². The molecule has 0 unspecified atom stereocenters. The van der Waals surface area contributed by atoms with Crippen molar-refractivity contribution in [2.75, 3.05) is 0 Å². The Morgan fingerprint density at radius 3 is 1.84 bits per heavy atom. The van der Waals surface area contributed by atoms with Gasteiger partial charge in [-0.1, -0.05) is 115 Å². The minimum Gasteiger partial charge on any atom is -0.456 e. The molecule has 0 bridgehead atoms. The van der Waals surface area contributed by atoms with Gasteiger partial charge in [0.1, 0.15) is 22.6 Å². The molecule has 0 radical (unpaired) electrons. The van der Waals surface area contributed by atoms with Crippen molar-refractivity contribution in [1.82, 2.24) is 15.4 Å². The normalized spacial score (nSPS) is 11.2. The van der Waals surface area contributed by atoms with Crippen LogP contribution in [0.2, 0.25) is 0 Å². The molecule has 0 amide bonds. The molecule has 0 spiro atoms. The van der Waals surface area contributed by atoms with Crippen molar-refractivity contribution >= 4 is 21.9 Å². The molecule has 0 saturated carbocycles. The Bertz CT molecular complexity index is 1880. The highest BCUT2D eigenvalue weighted by molar-refractivity contribution is 6.14. The van der Waals surface area contributed by atoms with Gasteiger partial charge in [-0.25, -0.2) is 0 Å².